The van der Waals surface area contributed by atoms with Gasteiger partial charge in [0.2, 0.25) is 0 Å². The summed E-state index contributed by atoms with van der Waals surface area (Å²) in [6.07, 6.45) is -1.77. The third-order valence-electron chi connectivity index (χ3n) is 4.79. The van der Waals surface area contributed by atoms with Crippen molar-refractivity contribution in [1.29, 1.82) is 0 Å². The quantitative estimate of drug-likeness (QED) is 0.827. The lowest BCUT2D eigenvalue weighted by molar-refractivity contribution is -0.141. The molecule has 130 valence electrons. The van der Waals surface area contributed by atoms with E-state index in [4.69, 9.17) is 0 Å². The van der Waals surface area contributed by atoms with Gasteiger partial charge in [-0.3, -0.25) is 4.90 Å². The topological polar surface area (TPSA) is 15.3 Å². The van der Waals surface area contributed by atoms with Crippen LogP contribution in [0.25, 0.3) is 0 Å². The summed E-state index contributed by atoms with van der Waals surface area (Å²) in [4.78, 5) is 2.09. The van der Waals surface area contributed by atoms with E-state index in [9.17, 15) is 17.6 Å². The zero-order valence-corrected chi connectivity index (χ0v) is 13.5. The molecule has 0 aromatic heterocycles. The zero-order valence-electron chi connectivity index (χ0n) is 12.7. The lowest BCUT2D eigenvalue weighted by Crippen LogP contribution is -2.48. The van der Waals surface area contributed by atoms with E-state index < -0.39 is 17.6 Å². The fourth-order valence-electron chi connectivity index (χ4n) is 3.55. The molecule has 1 atom stereocenters. The Morgan fingerprint density at radius 1 is 1.13 bits per heavy atom. The van der Waals surface area contributed by atoms with Crippen LogP contribution in [-0.2, 0) is 6.18 Å². The van der Waals surface area contributed by atoms with Crippen LogP contribution in [0.5, 0.6) is 0 Å². The van der Waals surface area contributed by atoms with Gasteiger partial charge in [0, 0.05) is 32.2 Å². The van der Waals surface area contributed by atoms with Gasteiger partial charge in [-0.25, -0.2) is 4.39 Å². The van der Waals surface area contributed by atoms with E-state index in [0.29, 0.717) is 13.1 Å². The van der Waals surface area contributed by atoms with Gasteiger partial charge in [-0.2, -0.15) is 13.2 Å². The first kappa shape index (κ1) is 18.5. The van der Waals surface area contributed by atoms with E-state index >= 15 is 0 Å². The number of alkyl halides is 3. The van der Waals surface area contributed by atoms with Crippen molar-refractivity contribution < 1.29 is 17.6 Å². The summed E-state index contributed by atoms with van der Waals surface area (Å²) in [5.74, 6) is -0.967. The highest BCUT2D eigenvalue weighted by molar-refractivity contribution is 5.85. The lowest BCUT2D eigenvalue weighted by Gasteiger charge is -2.44. The minimum atomic E-state index is -4.66. The fraction of sp³-hybridized carbons (Fsp3) is 0.625. The van der Waals surface area contributed by atoms with E-state index in [1.807, 2.05) is 0 Å². The highest BCUT2D eigenvalue weighted by atomic mass is 35.5. The summed E-state index contributed by atoms with van der Waals surface area (Å²) < 4.78 is 54.0. The molecule has 0 spiro atoms. The second-order valence-corrected chi connectivity index (χ2v) is 6.12. The second-order valence-electron chi connectivity index (χ2n) is 6.12. The molecule has 0 radical (unpaired) electrons. The molecule has 1 aromatic rings. The molecule has 1 saturated heterocycles. The number of nitrogens with one attached hydrogen (secondary N) is 1. The minimum Gasteiger partial charge on any atom is -0.314 e. The maximum atomic E-state index is 13.9. The molecule has 23 heavy (non-hydrogen) atoms. The van der Waals surface area contributed by atoms with Crippen molar-refractivity contribution in [2.45, 2.75) is 31.5 Å². The Hall–Kier alpha value is -0.850. The number of hydrogen-bond donors (Lipinski definition) is 1. The Kier molecular flexibility index (Phi) is 5.92. The molecule has 2 fully saturated rings. The Bertz CT molecular complexity index is 525. The predicted molar refractivity (Wildman–Crippen MR) is 83.2 cm³/mol. The lowest BCUT2D eigenvalue weighted by atomic mass is 9.75. The molecular weight excluding hydrogens is 332 g/mol. The van der Waals surface area contributed by atoms with Crippen LogP contribution in [0.3, 0.4) is 0 Å². The van der Waals surface area contributed by atoms with E-state index in [0.717, 1.165) is 38.4 Å². The third kappa shape index (κ3) is 3.80. The summed E-state index contributed by atoms with van der Waals surface area (Å²) in [7, 11) is 0. The molecule has 7 heteroatoms. The molecule has 0 unspecified atom stereocenters. The van der Waals surface area contributed by atoms with E-state index in [1.165, 1.54) is 12.1 Å². The second kappa shape index (κ2) is 7.36. The van der Waals surface area contributed by atoms with Crippen LogP contribution in [0.2, 0.25) is 0 Å². The van der Waals surface area contributed by atoms with Crippen LogP contribution in [0.1, 0.15) is 36.4 Å². The number of benzene rings is 1. The highest BCUT2D eigenvalue weighted by Gasteiger charge is 2.42. The van der Waals surface area contributed by atoms with Crippen LogP contribution in [-0.4, -0.2) is 31.1 Å². The van der Waals surface area contributed by atoms with Crippen LogP contribution in [0.15, 0.2) is 18.2 Å². The van der Waals surface area contributed by atoms with Gasteiger partial charge in [0.05, 0.1) is 5.56 Å². The summed E-state index contributed by atoms with van der Waals surface area (Å²) >= 11 is 0. The fourth-order valence-corrected chi connectivity index (χ4v) is 3.55. The van der Waals surface area contributed by atoms with Gasteiger partial charge in [-0.1, -0.05) is 18.6 Å². The minimum absolute atomic E-state index is 0. The zero-order chi connectivity index (χ0) is 15.7. The molecule has 0 amide bonds. The molecule has 2 nitrogen and oxygen atoms in total. The Morgan fingerprint density at radius 2 is 1.78 bits per heavy atom. The molecule has 2 aliphatic rings. The molecule has 1 N–H and O–H groups in total. The van der Waals surface area contributed by atoms with Crippen LogP contribution in [0, 0.1) is 11.7 Å². The normalized spacial score (nSPS) is 21.4. The van der Waals surface area contributed by atoms with Crippen molar-refractivity contribution in [2.24, 2.45) is 5.92 Å². The Labute approximate surface area is 139 Å². The van der Waals surface area contributed by atoms with Gasteiger partial charge in [-0.15, -0.1) is 12.4 Å². The van der Waals surface area contributed by atoms with Gasteiger partial charge >= 0.3 is 6.18 Å². The van der Waals surface area contributed by atoms with Crippen molar-refractivity contribution in [3.63, 3.8) is 0 Å². The average Bonchev–Trinajstić information content (AvgIpc) is 2.42. The van der Waals surface area contributed by atoms with Crippen molar-refractivity contribution in [2.75, 3.05) is 26.2 Å². The van der Waals surface area contributed by atoms with E-state index in [-0.39, 0.29) is 29.9 Å². The SMILES string of the molecule is Cl.Fc1cccc([C@@H](C2CCC2)N2CCNCC2)c1C(F)(F)F. The van der Waals surface area contributed by atoms with Crippen molar-refractivity contribution in [1.82, 2.24) is 10.2 Å². The largest absolute Gasteiger partial charge is 0.419 e. The summed E-state index contributed by atoms with van der Waals surface area (Å²) in [5.41, 5.74) is -0.968. The van der Waals surface area contributed by atoms with Gasteiger partial charge in [0.1, 0.15) is 5.82 Å². The molecule has 1 aliphatic carbocycles. The van der Waals surface area contributed by atoms with Gasteiger partial charge in [0.25, 0.3) is 0 Å². The van der Waals surface area contributed by atoms with Crippen LogP contribution >= 0.6 is 12.4 Å². The average molecular weight is 353 g/mol. The molecular formula is C16H21ClF4N2. The van der Waals surface area contributed by atoms with Gasteiger partial charge in [-0.05, 0) is 30.4 Å². The van der Waals surface area contributed by atoms with Crippen molar-refractivity contribution >= 4 is 12.4 Å². The van der Waals surface area contributed by atoms with Crippen molar-refractivity contribution in [3.8, 4) is 0 Å². The molecule has 0 bridgehead atoms. The van der Waals surface area contributed by atoms with E-state index in [1.54, 1.807) is 0 Å². The summed E-state index contributed by atoms with van der Waals surface area (Å²) in [6, 6.07) is 3.43. The first-order chi connectivity index (χ1) is 10.5. The number of hydrogen-bond acceptors (Lipinski definition) is 2. The standard InChI is InChI=1S/C16H20F4N2.ClH/c17-13-6-2-5-12(14(13)16(18,19)20)15(11-3-1-4-11)22-9-7-21-8-10-22;/h2,5-6,11,15,21H,1,3-4,7-10H2;1H/t15-;/m1./s1. The number of rotatable bonds is 3. The van der Waals surface area contributed by atoms with Crippen molar-refractivity contribution in [3.05, 3.63) is 35.1 Å². The van der Waals surface area contributed by atoms with Gasteiger partial charge in [0.15, 0.2) is 0 Å². The first-order valence-corrected chi connectivity index (χ1v) is 7.79. The first-order valence-electron chi connectivity index (χ1n) is 7.79. The third-order valence-corrected chi connectivity index (χ3v) is 4.79. The number of nitrogens with zero attached hydrogens (tertiary/aromatic N) is 1. The van der Waals surface area contributed by atoms with Crippen LogP contribution in [0.4, 0.5) is 17.6 Å². The highest BCUT2D eigenvalue weighted by Crippen LogP contribution is 2.46. The number of halogens is 5. The molecule has 1 aromatic carbocycles. The predicted octanol–water partition coefficient (Wildman–Crippen LogP) is 4.01. The smallest absolute Gasteiger partial charge is 0.314 e. The van der Waals surface area contributed by atoms with Crippen LogP contribution < -0.4 is 5.32 Å². The molecule has 3 rings (SSSR count). The Morgan fingerprint density at radius 3 is 2.30 bits per heavy atom. The molecule has 1 saturated carbocycles. The Balaban J connectivity index is 0.00000192. The molecule has 1 aliphatic heterocycles. The van der Waals surface area contributed by atoms with E-state index in [2.05, 4.69) is 10.2 Å². The monoisotopic (exact) mass is 352 g/mol. The maximum absolute atomic E-state index is 13.9. The van der Waals surface area contributed by atoms with Gasteiger partial charge < -0.3 is 5.32 Å². The number of piperazine rings is 1. The summed E-state index contributed by atoms with van der Waals surface area (Å²) in [6.45, 7) is 2.93. The maximum Gasteiger partial charge on any atom is 0.419 e. The summed E-state index contributed by atoms with van der Waals surface area (Å²) in [5, 5.41) is 3.21. The molecule has 1 heterocycles.